The lowest BCUT2D eigenvalue weighted by Gasteiger charge is -2.29. The molecule has 7 heteroatoms. The number of carbonyl (C=O) groups excluding carboxylic acids is 1. The summed E-state index contributed by atoms with van der Waals surface area (Å²) in [6.45, 7) is 3.34. The van der Waals surface area contributed by atoms with Gasteiger partial charge in [0.25, 0.3) is 0 Å². The Morgan fingerprint density at radius 1 is 1.36 bits per heavy atom. The summed E-state index contributed by atoms with van der Waals surface area (Å²) < 4.78 is 50.2. The highest BCUT2D eigenvalue weighted by atomic mass is 79.9. The predicted molar refractivity (Wildman–Crippen MR) is 78.6 cm³/mol. The quantitative estimate of drug-likeness (QED) is 0.736. The highest BCUT2D eigenvalue weighted by molar-refractivity contribution is 9.10. The Balaban J connectivity index is 2.58. The molecule has 120 valence electrons. The maximum atomic E-state index is 13.2. The fourth-order valence-electron chi connectivity index (χ4n) is 2.23. The Labute approximate surface area is 134 Å². The van der Waals surface area contributed by atoms with Crippen LogP contribution >= 0.6 is 15.9 Å². The van der Waals surface area contributed by atoms with Gasteiger partial charge < -0.3 is 9.47 Å². The van der Waals surface area contributed by atoms with Crippen molar-refractivity contribution in [1.82, 2.24) is 0 Å². The first-order valence-electron chi connectivity index (χ1n) is 6.72. The largest absolute Gasteiger partial charge is 0.475 e. The van der Waals surface area contributed by atoms with Crippen molar-refractivity contribution in [1.29, 1.82) is 0 Å². The Hall–Kier alpha value is -1.50. The highest BCUT2D eigenvalue weighted by Crippen LogP contribution is 2.40. The summed E-state index contributed by atoms with van der Waals surface area (Å²) >= 11 is 3.30. The molecule has 0 N–H and O–H groups in total. The normalized spacial score (nSPS) is 17.4. The first kappa shape index (κ1) is 16.9. The molecule has 0 radical (unpaired) electrons. The molecule has 0 aromatic heterocycles. The summed E-state index contributed by atoms with van der Waals surface area (Å²) in [5.74, 6) is -0.866. The zero-order valence-corrected chi connectivity index (χ0v) is 13.5. The van der Waals surface area contributed by atoms with E-state index in [1.165, 1.54) is 13.0 Å². The molecule has 0 bridgehead atoms. The van der Waals surface area contributed by atoms with Crippen molar-refractivity contribution in [3.63, 3.8) is 0 Å². The van der Waals surface area contributed by atoms with Crippen LogP contribution in [0.2, 0.25) is 0 Å². The lowest BCUT2D eigenvalue weighted by Crippen LogP contribution is -2.41. The van der Waals surface area contributed by atoms with Crippen LogP contribution in [0.4, 0.5) is 13.2 Å². The molecule has 22 heavy (non-hydrogen) atoms. The van der Waals surface area contributed by atoms with E-state index in [9.17, 15) is 18.0 Å². The number of rotatable bonds is 3. The summed E-state index contributed by atoms with van der Waals surface area (Å²) in [7, 11) is 0. The average Bonchev–Trinajstić information content (AvgIpc) is 2.44. The maximum absolute atomic E-state index is 13.2. The summed E-state index contributed by atoms with van der Waals surface area (Å²) in [4.78, 5) is 11.8. The summed E-state index contributed by atoms with van der Waals surface area (Å²) in [5.41, 5.74) is 0.523. The predicted octanol–water partition coefficient (Wildman–Crippen LogP) is 4.28. The number of benzene rings is 1. The molecular formula is C15H14BrF3O3. The number of halogens is 4. The first-order valence-corrected chi connectivity index (χ1v) is 7.51. The molecular weight excluding hydrogens is 365 g/mol. The molecule has 2 rings (SSSR count). The van der Waals surface area contributed by atoms with Gasteiger partial charge in [-0.15, -0.1) is 0 Å². The van der Waals surface area contributed by atoms with Gasteiger partial charge in [-0.05, 0) is 37.1 Å². The minimum Gasteiger partial charge on any atom is -0.475 e. The van der Waals surface area contributed by atoms with E-state index in [1.807, 2.05) is 6.92 Å². The minimum atomic E-state index is -4.70. The fourth-order valence-corrected chi connectivity index (χ4v) is 2.76. The van der Waals surface area contributed by atoms with Crippen molar-refractivity contribution in [3.05, 3.63) is 33.3 Å². The summed E-state index contributed by atoms with van der Waals surface area (Å²) in [6.07, 6.45) is -5.31. The van der Waals surface area contributed by atoms with Crippen LogP contribution in [0.1, 0.15) is 25.0 Å². The molecule has 1 heterocycles. The Morgan fingerprint density at radius 3 is 2.59 bits per heavy atom. The second-order valence-corrected chi connectivity index (χ2v) is 5.61. The van der Waals surface area contributed by atoms with Gasteiger partial charge >= 0.3 is 12.1 Å². The van der Waals surface area contributed by atoms with Crippen molar-refractivity contribution in [2.75, 3.05) is 6.61 Å². The number of hydrogen-bond donors (Lipinski definition) is 0. The SMILES string of the molecule is CCOC(=O)C1=Cc2cc(Br)cc(CC)c2OC1C(F)(F)F. The number of hydrogen-bond acceptors (Lipinski definition) is 3. The van der Waals surface area contributed by atoms with E-state index in [-0.39, 0.29) is 12.4 Å². The lowest BCUT2D eigenvalue weighted by molar-refractivity contribution is -0.188. The van der Waals surface area contributed by atoms with E-state index in [2.05, 4.69) is 15.9 Å². The zero-order chi connectivity index (χ0) is 16.5. The van der Waals surface area contributed by atoms with Crippen LogP contribution in [-0.2, 0) is 16.0 Å². The smallest absolute Gasteiger partial charge is 0.430 e. The Bertz CT molecular complexity index is 623. The van der Waals surface area contributed by atoms with Crippen LogP contribution in [0, 0.1) is 0 Å². The van der Waals surface area contributed by atoms with Crippen LogP contribution < -0.4 is 4.74 Å². The van der Waals surface area contributed by atoms with E-state index in [0.717, 1.165) is 0 Å². The van der Waals surface area contributed by atoms with Crippen LogP contribution in [0.15, 0.2) is 22.2 Å². The lowest BCUT2D eigenvalue weighted by atomic mass is 9.98. The average molecular weight is 379 g/mol. The molecule has 1 aliphatic heterocycles. The molecule has 3 nitrogen and oxygen atoms in total. The van der Waals surface area contributed by atoms with Crippen LogP contribution in [0.25, 0.3) is 6.08 Å². The van der Waals surface area contributed by atoms with Crippen molar-refractivity contribution in [3.8, 4) is 5.75 Å². The molecule has 0 spiro atoms. The Morgan fingerprint density at radius 2 is 2.05 bits per heavy atom. The first-order chi connectivity index (χ1) is 10.3. The molecule has 1 aliphatic rings. The molecule has 1 aromatic carbocycles. The third kappa shape index (κ3) is 3.29. The second kappa shape index (κ2) is 6.32. The van der Waals surface area contributed by atoms with E-state index in [4.69, 9.17) is 9.47 Å². The number of alkyl halides is 3. The number of ether oxygens (including phenoxy) is 2. The zero-order valence-electron chi connectivity index (χ0n) is 12.0. The van der Waals surface area contributed by atoms with E-state index < -0.39 is 23.8 Å². The molecule has 1 unspecified atom stereocenters. The van der Waals surface area contributed by atoms with E-state index in [0.29, 0.717) is 22.0 Å². The monoisotopic (exact) mass is 378 g/mol. The van der Waals surface area contributed by atoms with Crippen molar-refractivity contribution < 1.29 is 27.4 Å². The molecule has 0 saturated heterocycles. The maximum Gasteiger partial charge on any atom is 0.430 e. The van der Waals surface area contributed by atoms with Gasteiger partial charge in [-0.1, -0.05) is 22.9 Å². The number of aryl methyl sites for hydroxylation is 1. The van der Waals surface area contributed by atoms with Crippen molar-refractivity contribution >= 4 is 28.0 Å². The second-order valence-electron chi connectivity index (χ2n) is 4.70. The van der Waals surface area contributed by atoms with Crippen molar-refractivity contribution in [2.45, 2.75) is 32.5 Å². The van der Waals surface area contributed by atoms with Gasteiger partial charge in [0.2, 0.25) is 6.10 Å². The number of fused-ring (bicyclic) bond motifs is 1. The van der Waals surface area contributed by atoms with Gasteiger partial charge in [-0.3, -0.25) is 0 Å². The molecule has 1 aromatic rings. The Kier molecular flexibility index (Phi) is 4.84. The standard InChI is InChI=1S/C15H14BrF3O3/c1-3-8-5-10(16)6-9-7-11(14(20)21-4-2)13(15(17,18)19)22-12(8)9/h5-7,13H,3-4H2,1-2H3. The molecule has 0 amide bonds. The third-order valence-corrected chi connectivity index (χ3v) is 3.64. The number of esters is 1. The molecule has 0 fully saturated rings. The van der Waals surface area contributed by atoms with Gasteiger partial charge in [-0.2, -0.15) is 13.2 Å². The summed E-state index contributed by atoms with van der Waals surface area (Å²) in [6, 6.07) is 3.32. The van der Waals surface area contributed by atoms with Gasteiger partial charge in [0.15, 0.2) is 0 Å². The van der Waals surface area contributed by atoms with Gasteiger partial charge in [0.05, 0.1) is 12.2 Å². The van der Waals surface area contributed by atoms with E-state index >= 15 is 0 Å². The van der Waals surface area contributed by atoms with Crippen LogP contribution in [0.3, 0.4) is 0 Å². The van der Waals surface area contributed by atoms with Gasteiger partial charge in [0.1, 0.15) is 5.75 Å². The molecule has 0 saturated carbocycles. The number of carbonyl (C=O) groups is 1. The molecule has 0 aliphatic carbocycles. The van der Waals surface area contributed by atoms with E-state index in [1.54, 1.807) is 12.1 Å². The van der Waals surface area contributed by atoms with Crippen LogP contribution in [0.5, 0.6) is 5.75 Å². The topological polar surface area (TPSA) is 35.5 Å². The van der Waals surface area contributed by atoms with Gasteiger partial charge in [0, 0.05) is 10.0 Å². The third-order valence-electron chi connectivity index (χ3n) is 3.18. The summed E-state index contributed by atoms with van der Waals surface area (Å²) in [5, 5.41) is 0. The fraction of sp³-hybridized carbons (Fsp3) is 0.400. The highest BCUT2D eigenvalue weighted by Gasteiger charge is 2.49. The van der Waals surface area contributed by atoms with Gasteiger partial charge in [-0.25, -0.2) is 4.79 Å². The molecule has 1 atom stereocenters. The van der Waals surface area contributed by atoms with Crippen LogP contribution in [-0.4, -0.2) is 24.9 Å². The van der Waals surface area contributed by atoms with Crippen molar-refractivity contribution in [2.24, 2.45) is 0 Å². The minimum absolute atomic E-state index is 0.00764.